The second kappa shape index (κ2) is 12.1. The summed E-state index contributed by atoms with van der Waals surface area (Å²) in [7, 11) is 0. The van der Waals surface area contributed by atoms with Gasteiger partial charge in [0.1, 0.15) is 6.04 Å². The molecule has 11 nitrogen and oxygen atoms in total. The first-order chi connectivity index (χ1) is 13.8. The first-order valence-electron chi connectivity index (χ1n) is 9.64. The molecular formula is C18H29ClN6O5. The number of nitrogens with one attached hydrogen (secondary N) is 1. The van der Waals surface area contributed by atoms with Crippen molar-refractivity contribution in [1.82, 2.24) is 19.5 Å². The lowest BCUT2D eigenvalue weighted by molar-refractivity contribution is -0.150. The van der Waals surface area contributed by atoms with E-state index < -0.39 is 17.6 Å². The second-order valence-corrected chi connectivity index (χ2v) is 6.79. The van der Waals surface area contributed by atoms with Crippen molar-refractivity contribution in [1.29, 1.82) is 0 Å². The molecule has 0 saturated carbocycles. The number of hydrogen-bond acceptors (Lipinski definition) is 9. The molecular weight excluding hydrogens is 416 g/mol. The van der Waals surface area contributed by atoms with Gasteiger partial charge in [-0.15, -0.1) is 12.4 Å². The third-order valence-electron chi connectivity index (χ3n) is 4.41. The van der Waals surface area contributed by atoms with Gasteiger partial charge in [0, 0.05) is 18.9 Å². The fourth-order valence-corrected chi connectivity index (χ4v) is 2.63. The fraction of sp³-hybridized carbons (Fsp3) is 0.611. The van der Waals surface area contributed by atoms with Crippen LogP contribution in [0.3, 0.4) is 0 Å². The molecule has 0 aliphatic rings. The lowest BCUT2D eigenvalue weighted by Crippen LogP contribution is -2.33. The zero-order chi connectivity index (χ0) is 21.4. The average molecular weight is 445 g/mol. The van der Waals surface area contributed by atoms with Gasteiger partial charge >= 0.3 is 11.9 Å². The van der Waals surface area contributed by atoms with Crippen LogP contribution in [0.2, 0.25) is 0 Å². The molecule has 0 aromatic carbocycles. The molecule has 0 aliphatic carbocycles. The van der Waals surface area contributed by atoms with E-state index in [0.717, 1.165) is 0 Å². The van der Waals surface area contributed by atoms with Crippen molar-refractivity contribution in [2.75, 3.05) is 18.9 Å². The van der Waals surface area contributed by atoms with Crippen molar-refractivity contribution in [2.24, 2.45) is 11.7 Å². The normalized spacial score (nSPS) is 12.8. The van der Waals surface area contributed by atoms with Crippen molar-refractivity contribution in [3.8, 4) is 0 Å². The van der Waals surface area contributed by atoms with Crippen LogP contribution in [0, 0.1) is 5.92 Å². The minimum atomic E-state index is -0.685. The largest absolute Gasteiger partial charge is 0.465 e. The maximum atomic E-state index is 11.9. The third-order valence-corrected chi connectivity index (χ3v) is 4.41. The molecule has 2 heterocycles. The minimum absolute atomic E-state index is 0. The van der Waals surface area contributed by atoms with E-state index in [2.05, 4.69) is 15.0 Å². The number of aromatic nitrogens is 4. The Bertz CT molecular complexity index is 899. The van der Waals surface area contributed by atoms with Gasteiger partial charge in [-0.3, -0.25) is 19.4 Å². The number of nitrogen functional groups attached to an aromatic ring is 1. The number of rotatable bonds is 11. The number of halogens is 1. The van der Waals surface area contributed by atoms with Crippen LogP contribution in [0.25, 0.3) is 11.2 Å². The van der Waals surface area contributed by atoms with Crippen molar-refractivity contribution >= 4 is 41.5 Å². The monoisotopic (exact) mass is 444 g/mol. The zero-order valence-corrected chi connectivity index (χ0v) is 17.9. The van der Waals surface area contributed by atoms with E-state index in [1.165, 1.54) is 6.33 Å². The lowest BCUT2D eigenvalue weighted by atomic mass is 10.1. The number of carbonyl (C=O) groups is 2. The number of anilines is 1. The maximum absolute atomic E-state index is 11.9. The summed E-state index contributed by atoms with van der Waals surface area (Å²) in [5.74, 6) is -1.05. The number of nitrogens with zero attached hydrogens (tertiary/aromatic N) is 3. The van der Waals surface area contributed by atoms with E-state index in [1.54, 1.807) is 11.5 Å². The molecule has 0 fully saturated rings. The van der Waals surface area contributed by atoms with Crippen molar-refractivity contribution in [3.63, 3.8) is 0 Å². The Morgan fingerprint density at radius 3 is 2.63 bits per heavy atom. The highest BCUT2D eigenvalue weighted by Crippen LogP contribution is 2.13. The Kier molecular flexibility index (Phi) is 10.3. The molecule has 0 spiro atoms. The average Bonchev–Trinajstić information content (AvgIpc) is 3.09. The van der Waals surface area contributed by atoms with Gasteiger partial charge < -0.3 is 25.5 Å². The summed E-state index contributed by atoms with van der Waals surface area (Å²) in [4.78, 5) is 46.0. The number of carbonyl (C=O) groups excluding carboxylic acids is 2. The van der Waals surface area contributed by atoms with Gasteiger partial charge in [0.05, 0.1) is 19.5 Å². The first-order valence-corrected chi connectivity index (χ1v) is 9.64. The summed E-state index contributed by atoms with van der Waals surface area (Å²) in [5.41, 5.74) is 11.4. The predicted molar refractivity (Wildman–Crippen MR) is 113 cm³/mol. The van der Waals surface area contributed by atoms with Gasteiger partial charge in [0.2, 0.25) is 5.95 Å². The number of fused-ring (bicyclic) bond motifs is 1. The molecule has 0 amide bonds. The van der Waals surface area contributed by atoms with Crippen molar-refractivity contribution in [2.45, 2.75) is 52.1 Å². The molecule has 12 heteroatoms. The van der Waals surface area contributed by atoms with Crippen LogP contribution in [-0.2, 0) is 25.6 Å². The van der Waals surface area contributed by atoms with E-state index in [9.17, 15) is 14.4 Å². The SMILES string of the molecule is CCCC(=O)OCC(CCn1cnc2c(=O)[nH]c(N)nc21)COC(=O)[C@@H](N)CC.Cl. The smallest absolute Gasteiger partial charge is 0.322 e. The van der Waals surface area contributed by atoms with Gasteiger partial charge in [0.15, 0.2) is 11.2 Å². The molecule has 2 aromatic heterocycles. The Morgan fingerprint density at radius 2 is 1.97 bits per heavy atom. The molecule has 30 heavy (non-hydrogen) atoms. The summed E-state index contributed by atoms with van der Waals surface area (Å²) in [6.07, 6.45) is 3.47. The topological polar surface area (TPSA) is 168 Å². The van der Waals surface area contributed by atoms with E-state index in [0.29, 0.717) is 37.9 Å². The second-order valence-electron chi connectivity index (χ2n) is 6.79. The Hall–Kier alpha value is -2.66. The number of aromatic amines is 1. The van der Waals surface area contributed by atoms with E-state index in [-0.39, 0.29) is 49.0 Å². The van der Waals surface area contributed by atoms with E-state index >= 15 is 0 Å². The van der Waals surface area contributed by atoms with Gasteiger partial charge in [-0.1, -0.05) is 13.8 Å². The van der Waals surface area contributed by atoms with E-state index in [1.807, 2.05) is 6.92 Å². The molecule has 5 N–H and O–H groups in total. The number of imidazole rings is 1. The maximum Gasteiger partial charge on any atom is 0.322 e. The highest BCUT2D eigenvalue weighted by Gasteiger charge is 2.19. The number of aryl methyl sites for hydroxylation is 1. The molecule has 2 atom stereocenters. The summed E-state index contributed by atoms with van der Waals surface area (Å²) in [6, 6.07) is -0.685. The summed E-state index contributed by atoms with van der Waals surface area (Å²) in [5, 5.41) is 0. The van der Waals surface area contributed by atoms with Crippen LogP contribution in [0.4, 0.5) is 5.95 Å². The van der Waals surface area contributed by atoms with Crippen LogP contribution < -0.4 is 17.0 Å². The minimum Gasteiger partial charge on any atom is -0.465 e. The number of H-pyrrole nitrogens is 1. The van der Waals surface area contributed by atoms with Crippen LogP contribution >= 0.6 is 12.4 Å². The van der Waals surface area contributed by atoms with Gasteiger partial charge in [-0.2, -0.15) is 4.98 Å². The lowest BCUT2D eigenvalue weighted by Gasteiger charge is -2.18. The molecule has 168 valence electrons. The van der Waals surface area contributed by atoms with E-state index in [4.69, 9.17) is 20.9 Å². The van der Waals surface area contributed by atoms with Crippen molar-refractivity contribution in [3.05, 3.63) is 16.7 Å². The molecule has 1 unspecified atom stereocenters. The van der Waals surface area contributed by atoms with Crippen LogP contribution in [0.1, 0.15) is 39.5 Å². The molecule has 0 aliphatic heterocycles. The Morgan fingerprint density at radius 1 is 1.27 bits per heavy atom. The Labute approximate surface area is 179 Å². The molecule has 0 bridgehead atoms. The molecule has 2 rings (SSSR count). The van der Waals surface area contributed by atoms with Gasteiger partial charge in [0.25, 0.3) is 5.56 Å². The van der Waals surface area contributed by atoms with Crippen LogP contribution in [0.5, 0.6) is 0 Å². The zero-order valence-electron chi connectivity index (χ0n) is 17.1. The predicted octanol–water partition coefficient (Wildman–Crippen LogP) is 0.754. The molecule has 0 radical (unpaired) electrons. The van der Waals surface area contributed by atoms with Gasteiger partial charge in [-0.05, 0) is 19.3 Å². The number of ether oxygens (including phenoxy) is 2. The standard InChI is InChI=1S/C18H28N6O5.ClH/c1-3-5-13(25)28-8-11(9-29-17(27)12(19)4-2)6-7-24-10-21-14-15(24)22-18(20)23-16(14)26;/h10-12H,3-9,19H2,1-2H3,(H3,20,22,23,26);1H/t11?,12-;/m0./s1. The molecule has 0 saturated heterocycles. The first kappa shape index (κ1) is 25.4. The highest BCUT2D eigenvalue weighted by atomic mass is 35.5. The summed E-state index contributed by atoms with van der Waals surface area (Å²) in [6.45, 7) is 4.27. The number of esters is 2. The van der Waals surface area contributed by atoms with Gasteiger partial charge in [-0.25, -0.2) is 4.98 Å². The van der Waals surface area contributed by atoms with Crippen LogP contribution in [0.15, 0.2) is 11.1 Å². The number of hydrogen-bond donors (Lipinski definition) is 3. The summed E-state index contributed by atoms with van der Waals surface area (Å²) < 4.78 is 12.2. The quantitative estimate of drug-likeness (QED) is 0.423. The summed E-state index contributed by atoms with van der Waals surface area (Å²) >= 11 is 0. The number of nitrogens with two attached hydrogens (primary N) is 2. The third kappa shape index (κ3) is 6.99. The van der Waals surface area contributed by atoms with Crippen LogP contribution in [-0.4, -0.2) is 50.7 Å². The fourth-order valence-electron chi connectivity index (χ4n) is 2.63. The highest BCUT2D eigenvalue weighted by molar-refractivity contribution is 5.85. The molecule has 2 aromatic rings. The Balaban J connectivity index is 0.00000450. The van der Waals surface area contributed by atoms with Crippen molar-refractivity contribution < 1.29 is 19.1 Å².